The quantitative estimate of drug-likeness (QED) is 0.800. The summed E-state index contributed by atoms with van der Waals surface area (Å²) in [6.07, 6.45) is 0.885. The monoisotopic (exact) mass is 208 g/mol. The fourth-order valence-electron chi connectivity index (χ4n) is 2.11. The highest BCUT2D eigenvalue weighted by Crippen LogP contribution is 2.26. The van der Waals surface area contributed by atoms with Gasteiger partial charge in [0.2, 0.25) is 0 Å². The first-order valence-electron chi connectivity index (χ1n) is 5.47. The second-order valence-corrected chi connectivity index (χ2v) is 4.02. The molecule has 82 valence electrons. The zero-order chi connectivity index (χ0) is 10.8. The average molecular weight is 208 g/mol. The van der Waals surface area contributed by atoms with Gasteiger partial charge < -0.3 is 4.90 Å². The molecule has 0 saturated carbocycles. The van der Waals surface area contributed by atoms with Crippen LogP contribution in [0.3, 0.4) is 0 Å². The van der Waals surface area contributed by atoms with Gasteiger partial charge in [-0.1, -0.05) is 13.0 Å². The topological polar surface area (TPSA) is 15.3 Å². The van der Waals surface area contributed by atoms with Gasteiger partial charge in [0.15, 0.2) is 0 Å². The Morgan fingerprint density at radius 3 is 2.80 bits per heavy atom. The van der Waals surface area contributed by atoms with Crippen LogP contribution in [-0.2, 0) is 6.42 Å². The van der Waals surface area contributed by atoms with Gasteiger partial charge in [0.25, 0.3) is 0 Å². The van der Waals surface area contributed by atoms with Crippen LogP contribution in [0.5, 0.6) is 0 Å². The van der Waals surface area contributed by atoms with Crippen LogP contribution in [0.1, 0.15) is 18.1 Å². The second-order valence-electron chi connectivity index (χ2n) is 4.02. The summed E-state index contributed by atoms with van der Waals surface area (Å²) < 4.78 is 13.9. The smallest absolute Gasteiger partial charge is 0.147 e. The van der Waals surface area contributed by atoms with E-state index in [0.717, 1.165) is 43.0 Å². The van der Waals surface area contributed by atoms with Crippen molar-refractivity contribution < 1.29 is 4.39 Å². The summed E-state index contributed by atoms with van der Waals surface area (Å²) in [7, 11) is 0. The van der Waals surface area contributed by atoms with Gasteiger partial charge in [-0.25, -0.2) is 4.39 Å². The lowest BCUT2D eigenvalue weighted by Gasteiger charge is -2.20. The average Bonchev–Trinajstić information content (AvgIpc) is 2.69. The zero-order valence-electron chi connectivity index (χ0n) is 9.31. The Morgan fingerprint density at radius 1 is 1.47 bits per heavy atom. The summed E-state index contributed by atoms with van der Waals surface area (Å²) in [5.41, 5.74) is 2.87. The Hall–Kier alpha value is -1.09. The lowest BCUT2D eigenvalue weighted by molar-refractivity contribution is 0.619. The van der Waals surface area contributed by atoms with Crippen molar-refractivity contribution >= 4 is 5.69 Å². The SMILES string of the molecule is CCc1cc(C)c(N2CCNC2)c(F)c1. The van der Waals surface area contributed by atoms with E-state index in [0.29, 0.717) is 0 Å². The molecule has 0 atom stereocenters. The second kappa shape index (κ2) is 4.19. The molecule has 0 amide bonds. The van der Waals surface area contributed by atoms with Crippen LogP contribution in [-0.4, -0.2) is 19.8 Å². The normalized spacial score (nSPS) is 16.1. The van der Waals surface area contributed by atoms with Gasteiger partial charge in [-0.15, -0.1) is 0 Å². The summed E-state index contributed by atoms with van der Waals surface area (Å²) in [6, 6.07) is 3.73. The maximum atomic E-state index is 13.9. The maximum Gasteiger partial charge on any atom is 0.147 e. The van der Waals surface area contributed by atoms with Gasteiger partial charge >= 0.3 is 0 Å². The maximum absolute atomic E-state index is 13.9. The number of aryl methyl sites for hydroxylation is 2. The molecule has 3 heteroatoms. The molecular weight excluding hydrogens is 191 g/mol. The molecule has 15 heavy (non-hydrogen) atoms. The number of anilines is 1. The van der Waals surface area contributed by atoms with Gasteiger partial charge in [0, 0.05) is 13.1 Å². The molecule has 1 N–H and O–H groups in total. The molecule has 1 saturated heterocycles. The van der Waals surface area contributed by atoms with Crippen molar-refractivity contribution in [1.29, 1.82) is 0 Å². The molecule has 0 unspecified atom stereocenters. The predicted octanol–water partition coefficient (Wildman–Crippen LogP) is 2.06. The fourth-order valence-corrected chi connectivity index (χ4v) is 2.11. The van der Waals surface area contributed by atoms with Crippen LogP contribution in [0.4, 0.5) is 10.1 Å². The van der Waals surface area contributed by atoms with E-state index in [1.807, 2.05) is 13.8 Å². The Labute approximate surface area is 90.1 Å². The highest BCUT2D eigenvalue weighted by Gasteiger charge is 2.18. The Bertz CT molecular complexity index is 334. The van der Waals surface area contributed by atoms with Gasteiger partial charge in [-0.3, -0.25) is 5.32 Å². The molecule has 1 aromatic rings. The largest absolute Gasteiger partial charge is 0.355 e. The van der Waals surface area contributed by atoms with Crippen molar-refractivity contribution in [2.75, 3.05) is 24.7 Å². The number of hydrogen-bond acceptors (Lipinski definition) is 2. The van der Waals surface area contributed by atoms with Crippen LogP contribution in [0, 0.1) is 12.7 Å². The van der Waals surface area contributed by atoms with E-state index in [-0.39, 0.29) is 5.82 Å². The number of rotatable bonds is 2. The lowest BCUT2D eigenvalue weighted by atomic mass is 10.1. The minimum atomic E-state index is -0.0875. The third kappa shape index (κ3) is 1.97. The third-order valence-electron chi connectivity index (χ3n) is 2.90. The molecule has 0 spiro atoms. The Kier molecular flexibility index (Phi) is 2.91. The Morgan fingerprint density at radius 2 is 2.27 bits per heavy atom. The predicted molar refractivity (Wildman–Crippen MR) is 60.7 cm³/mol. The number of nitrogens with zero attached hydrogens (tertiary/aromatic N) is 1. The molecule has 0 bridgehead atoms. The summed E-state index contributed by atoms with van der Waals surface area (Å²) in [4.78, 5) is 2.06. The molecule has 0 radical (unpaired) electrons. The van der Waals surface area contributed by atoms with Crippen molar-refractivity contribution in [2.24, 2.45) is 0 Å². The van der Waals surface area contributed by atoms with Crippen molar-refractivity contribution in [3.05, 3.63) is 29.1 Å². The molecular formula is C12H17FN2. The zero-order valence-corrected chi connectivity index (χ0v) is 9.31. The minimum Gasteiger partial charge on any atom is -0.355 e. The van der Waals surface area contributed by atoms with E-state index in [1.54, 1.807) is 6.07 Å². The first-order chi connectivity index (χ1) is 7.22. The molecule has 1 aliphatic heterocycles. The highest BCUT2D eigenvalue weighted by atomic mass is 19.1. The van der Waals surface area contributed by atoms with Crippen molar-refractivity contribution in [2.45, 2.75) is 20.3 Å². The number of nitrogens with one attached hydrogen (secondary N) is 1. The van der Waals surface area contributed by atoms with Crippen molar-refractivity contribution in [1.82, 2.24) is 5.32 Å². The minimum absolute atomic E-state index is 0.0875. The summed E-state index contributed by atoms with van der Waals surface area (Å²) in [5.74, 6) is -0.0875. The molecule has 2 nitrogen and oxygen atoms in total. The van der Waals surface area contributed by atoms with Crippen molar-refractivity contribution in [3.8, 4) is 0 Å². The van der Waals surface area contributed by atoms with Crippen LogP contribution in [0.25, 0.3) is 0 Å². The number of halogens is 1. The summed E-state index contributed by atoms with van der Waals surface area (Å²) in [6.45, 7) is 6.61. The van der Waals surface area contributed by atoms with Crippen molar-refractivity contribution in [3.63, 3.8) is 0 Å². The van der Waals surface area contributed by atoms with E-state index in [1.165, 1.54) is 0 Å². The van der Waals surface area contributed by atoms with E-state index in [4.69, 9.17) is 0 Å². The van der Waals surface area contributed by atoms with Gasteiger partial charge in [-0.2, -0.15) is 0 Å². The Balaban J connectivity index is 2.37. The first kappa shape index (κ1) is 10.4. The number of benzene rings is 1. The summed E-state index contributed by atoms with van der Waals surface area (Å²) >= 11 is 0. The molecule has 0 aliphatic carbocycles. The van der Waals surface area contributed by atoms with E-state index in [9.17, 15) is 4.39 Å². The van der Waals surface area contributed by atoms with Gasteiger partial charge in [0.05, 0.1) is 12.4 Å². The molecule has 1 aliphatic rings. The van der Waals surface area contributed by atoms with Crippen LogP contribution >= 0.6 is 0 Å². The summed E-state index contributed by atoms with van der Waals surface area (Å²) in [5, 5.41) is 3.21. The number of hydrogen-bond donors (Lipinski definition) is 1. The molecule has 1 fully saturated rings. The molecule has 2 rings (SSSR count). The first-order valence-corrected chi connectivity index (χ1v) is 5.47. The van der Waals surface area contributed by atoms with Crippen LogP contribution in [0.2, 0.25) is 0 Å². The third-order valence-corrected chi connectivity index (χ3v) is 2.90. The standard InChI is InChI=1S/C12H17FN2/c1-3-10-6-9(2)12(11(13)7-10)15-5-4-14-8-15/h6-7,14H,3-5,8H2,1-2H3. The lowest BCUT2D eigenvalue weighted by Crippen LogP contribution is -2.23. The van der Waals surface area contributed by atoms with E-state index >= 15 is 0 Å². The highest BCUT2D eigenvalue weighted by molar-refractivity contribution is 5.56. The molecule has 1 heterocycles. The molecule has 1 aromatic carbocycles. The van der Waals surface area contributed by atoms with E-state index < -0.39 is 0 Å². The fraction of sp³-hybridized carbons (Fsp3) is 0.500. The molecule has 0 aromatic heterocycles. The van der Waals surface area contributed by atoms with Crippen LogP contribution in [0.15, 0.2) is 12.1 Å². The van der Waals surface area contributed by atoms with Gasteiger partial charge in [-0.05, 0) is 30.5 Å². The van der Waals surface area contributed by atoms with Crippen LogP contribution < -0.4 is 10.2 Å². The van der Waals surface area contributed by atoms with Gasteiger partial charge in [0.1, 0.15) is 5.82 Å². The van der Waals surface area contributed by atoms with E-state index in [2.05, 4.69) is 16.3 Å².